The first-order valence-corrected chi connectivity index (χ1v) is 3.77. The van der Waals surface area contributed by atoms with E-state index < -0.39 is 12.1 Å². The molecule has 2 aliphatic rings. The first-order chi connectivity index (χ1) is 5.27. The fourth-order valence-corrected chi connectivity index (χ4v) is 1.17. The summed E-state index contributed by atoms with van der Waals surface area (Å²) in [5.41, 5.74) is 0. The van der Waals surface area contributed by atoms with E-state index in [0.717, 1.165) is 12.8 Å². The molecule has 0 aromatic rings. The van der Waals surface area contributed by atoms with Gasteiger partial charge in [-0.1, -0.05) is 0 Å². The molecule has 1 heterocycles. The number of aliphatic carboxylic acids is 1. The van der Waals surface area contributed by atoms with Crippen molar-refractivity contribution in [3.05, 3.63) is 0 Å². The minimum atomic E-state index is -0.923. The monoisotopic (exact) mass is 158 g/mol. The van der Waals surface area contributed by atoms with E-state index in [4.69, 9.17) is 14.6 Å². The van der Waals surface area contributed by atoms with Gasteiger partial charge in [-0.3, -0.25) is 0 Å². The van der Waals surface area contributed by atoms with Gasteiger partial charge < -0.3 is 14.6 Å². The molecule has 2 rings (SSSR count). The zero-order valence-corrected chi connectivity index (χ0v) is 6.03. The number of hydrogen-bond acceptors (Lipinski definition) is 3. The van der Waals surface area contributed by atoms with Gasteiger partial charge in [-0.25, -0.2) is 4.79 Å². The topological polar surface area (TPSA) is 55.8 Å². The van der Waals surface area contributed by atoms with Crippen molar-refractivity contribution in [2.45, 2.75) is 25.2 Å². The Hall–Kier alpha value is -0.610. The van der Waals surface area contributed by atoms with Crippen molar-refractivity contribution in [2.75, 3.05) is 6.61 Å². The molecule has 0 amide bonds. The van der Waals surface area contributed by atoms with E-state index in [1.54, 1.807) is 0 Å². The number of carbonyl (C=O) groups is 1. The highest BCUT2D eigenvalue weighted by atomic mass is 16.7. The van der Waals surface area contributed by atoms with Gasteiger partial charge in [0, 0.05) is 5.92 Å². The first-order valence-electron chi connectivity index (χ1n) is 3.77. The minimum absolute atomic E-state index is 0.205. The number of carboxylic acid groups (broad SMARTS) is 1. The molecule has 0 bridgehead atoms. The predicted molar refractivity (Wildman–Crippen MR) is 35.0 cm³/mol. The fourth-order valence-electron chi connectivity index (χ4n) is 1.17. The summed E-state index contributed by atoms with van der Waals surface area (Å²) in [5.74, 6) is -0.465. The highest BCUT2D eigenvalue weighted by Crippen LogP contribution is 2.37. The van der Waals surface area contributed by atoms with Crippen LogP contribution in [0, 0.1) is 5.92 Å². The first kappa shape index (κ1) is 7.06. The van der Waals surface area contributed by atoms with Crippen LogP contribution < -0.4 is 0 Å². The molecule has 1 saturated carbocycles. The van der Waals surface area contributed by atoms with E-state index in [1.165, 1.54) is 0 Å². The Kier molecular flexibility index (Phi) is 1.58. The van der Waals surface area contributed by atoms with Gasteiger partial charge in [0.1, 0.15) is 0 Å². The van der Waals surface area contributed by atoms with Crippen LogP contribution in [0.25, 0.3) is 0 Å². The van der Waals surface area contributed by atoms with Crippen LogP contribution in [0.5, 0.6) is 0 Å². The summed E-state index contributed by atoms with van der Waals surface area (Å²) in [6.07, 6.45) is 1.24. The van der Waals surface area contributed by atoms with Crippen LogP contribution >= 0.6 is 0 Å². The molecule has 1 N–H and O–H groups in total. The highest BCUT2D eigenvalue weighted by Gasteiger charge is 2.41. The van der Waals surface area contributed by atoms with E-state index in [-0.39, 0.29) is 12.9 Å². The molecule has 4 nitrogen and oxygen atoms in total. The van der Waals surface area contributed by atoms with Crippen molar-refractivity contribution >= 4 is 5.97 Å². The quantitative estimate of drug-likeness (QED) is 0.624. The van der Waals surface area contributed by atoms with Crippen LogP contribution in [0.1, 0.15) is 12.8 Å². The Balaban J connectivity index is 1.87. The van der Waals surface area contributed by atoms with Crippen molar-refractivity contribution in [1.82, 2.24) is 0 Å². The number of carboxylic acids is 1. The molecule has 0 spiro atoms. The summed E-state index contributed by atoms with van der Waals surface area (Å²) < 4.78 is 10.3. The van der Waals surface area contributed by atoms with Gasteiger partial charge in [0.15, 0.2) is 12.4 Å². The standard InChI is InChI=1S/C7H10O4/c8-6(9)5-3-10-7(11-5)4-1-2-4/h4-5,7H,1-3H2,(H,8,9). The van der Waals surface area contributed by atoms with Gasteiger partial charge >= 0.3 is 5.97 Å². The molecule has 0 aromatic carbocycles. The molecule has 2 unspecified atom stereocenters. The molecule has 2 fully saturated rings. The summed E-state index contributed by atoms with van der Waals surface area (Å²) in [5, 5.41) is 8.53. The van der Waals surface area contributed by atoms with Crippen molar-refractivity contribution < 1.29 is 19.4 Å². The summed E-state index contributed by atoms with van der Waals surface area (Å²) >= 11 is 0. The van der Waals surface area contributed by atoms with Crippen molar-refractivity contribution in [1.29, 1.82) is 0 Å². The third-order valence-electron chi connectivity index (χ3n) is 1.99. The third-order valence-corrected chi connectivity index (χ3v) is 1.99. The van der Waals surface area contributed by atoms with Crippen molar-refractivity contribution in [3.63, 3.8) is 0 Å². The summed E-state index contributed by atoms with van der Waals surface area (Å²) in [6, 6.07) is 0. The smallest absolute Gasteiger partial charge is 0.335 e. The van der Waals surface area contributed by atoms with Crippen molar-refractivity contribution in [3.8, 4) is 0 Å². The third kappa shape index (κ3) is 1.36. The minimum Gasteiger partial charge on any atom is -0.479 e. The molecule has 1 saturated heterocycles. The largest absolute Gasteiger partial charge is 0.479 e. The number of ether oxygens (including phenoxy) is 2. The van der Waals surface area contributed by atoms with E-state index in [1.807, 2.05) is 0 Å². The van der Waals surface area contributed by atoms with Crippen LogP contribution in [0.3, 0.4) is 0 Å². The predicted octanol–water partition coefficient (Wildman–Crippen LogP) is 0.222. The van der Waals surface area contributed by atoms with Crippen LogP contribution in [0.2, 0.25) is 0 Å². The average molecular weight is 158 g/mol. The maximum absolute atomic E-state index is 10.4. The Morgan fingerprint density at radius 2 is 2.18 bits per heavy atom. The molecule has 1 aliphatic carbocycles. The number of hydrogen-bond donors (Lipinski definition) is 1. The van der Waals surface area contributed by atoms with E-state index in [0.29, 0.717) is 5.92 Å². The Morgan fingerprint density at radius 1 is 1.45 bits per heavy atom. The van der Waals surface area contributed by atoms with Gasteiger partial charge in [-0.05, 0) is 12.8 Å². The lowest BCUT2D eigenvalue weighted by molar-refractivity contribution is -0.151. The normalized spacial score (nSPS) is 37.5. The van der Waals surface area contributed by atoms with Crippen LogP contribution in [-0.4, -0.2) is 30.1 Å². The van der Waals surface area contributed by atoms with Gasteiger partial charge in [-0.15, -0.1) is 0 Å². The molecule has 11 heavy (non-hydrogen) atoms. The Labute approximate surface area is 64.1 Å². The summed E-state index contributed by atoms with van der Waals surface area (Å²) in [6.45, 7) is 0.205. The lowest BCUT2D eigenvalue weighted by Gasteiger charge is -2.06. The lowest BCUT2D eigenvalue weighted by atomic mass is 10.4. The maximum atomic E-state index is 10.4. The molecule has 0 aromatic heterocycles. The molecule has 1 aliphatic heterocycles. The zero-order valence-electron chi connectivity index (χ0n) is 6.03. The van der Waals surface area contributed by atoms with Gasteiger partial charge in [0.25, 0.3) is 0 Å². The second kappa shape index (κ2) is 2.46. The number of rotatable bonds is 2. The Bertz CT molecular complexity index is 175. The van der Waals surface area contributed by atoms with Crippen LogP contribution in [0.15, 0.2) is 0 Å². The van der Waals surface area contributed by atoms with E-state index >= 15 is 0 Å². The Morgan fingerprint density at radius 3 is 2.64 bits per heavy atom. The van der Waals surface area contributed by atoms with Crippen molar-refractivity contribution in [2.24, 2.45) is 5.92 Å². The molecular formula is C7H10O4. The van der Waals surface area contributed by atoms with Crippen LogP contribution in [-0.2, 0) is 14.3 Å². The van der Waals surface area contributed by atoms with Gasteiger partial charge in [0.2, 0.25) is 0 Å². The second-order valence-electron chi connectivity index (χ2n) is 3.00. The fraction of sp³-hybridized carbons (Fsp3) is 0.857. The molecule has 62 valence electrons. The zero-order chi connectivity index (χ0) is 7.84. The lowest BCUT2D eigenvalue weighted by Crippen LogP contribution is -2.23. The highest BCUT2D eigenvalue weighted by molar-refractivity contribution is 5.72. The van der Waals surface area contributed by atoms with Gasteiger partial charge in [-0.2, -0.15) is 0 Å². The summed E-state index contributed by atoms with van der Waals surface area (Å²) in [4.78, 5) is 10.4. The van der Waals surface area contributed by atoms with Gasteiger partial charge in [0.05, 0.1) is 6.61 Å². The average Bonchev–Trinajstić information content (AvgIpc) is 2.68. The summed E-state index contributed by atoms with van der Waals surface area (Å²) in [7, 11) is 0. The molecule has 4 heteroatoms. The molecule has 0 radical (unpaired) electrons. The SMILES string of the molecule is O=C(O)C1COC(C2CC2)O1. The van der Waals surface area contributed by atoms with Crippen LogP contribution in [0.4, 0.5) is 0 Å². The molecular weight excluding hydrogens is 148 g/mol. The van der Waals surface area contributed by atoms with E-state index in [2.05, 4.69) is 0 Å². The second-order valence-corrected chi connectivity index (χ2v) is 3.00. The van der Waals surface area contributed by atoms with E-state index in [9.17, 15) is 4.79 Å². The molecule has 2 atom stereocenters. The maximum Gasteiger partial charge on any atom is 0.335 e.